The van der Waals surface area contributed by atoms with Crippen LogP contribution in [0.5, 0.6) is 0 Å². The van der Waals surface area contributed by atoms with Crippen LogP contribution in [0.4, 0.5) is 18.9 Å². The monoisotopic (exact) mass is 315 g/mol. The van der Waals surface area contributed by atoms with Crippen LogP contribution in [0.25, 0.3) is 6.08 Å². The van der Waals surface area contributed by atoms with Gasteiger partial charge in [0.25, 0.3) is 0 Å². The molecule has 116 valence electrons. The van der Waals surface area contributed by atoms with Crippen LogP contribution in [0.3, 0.4) is 0 Å². The topological polar surface area (TPSA) is 29.1 Å². The molecule has 0 fully saturated rings. The number of terminal acetylenes is 1. The third kappa shape index (κ3) is 4.75. The van der Waals surface area contributed by atoms with Crippen molar-refractivity contribution >= 4 is 17.7 Å². The van der Waals surface area contributed by atoms with Crippen molar-refractivity contribution in [2.24, 2.45) is 0 Å². The lowest BCUT2D eigenvalue weighted by Crippen LogP contribution is -2.08. The van der Waals surface area contributed by atoms with E-state index in [-0.39, 0.29) is 5.56 Å². The second-order valence-electron chi connectivity index (χ2n) is 4.67. The number of alkyl halides is 3. The number of benzene rings is 2. The Morgan fingerprint density at radius 3 is 2.57 bits per heavy atom. The Morgan fingerprint density at radius 1 is 1.13 bits per heavy atom. The van der Waals surface area contributed by atoms with Crippen LogP contribution in [0.1, 0.15) is 16.7 Å². The molecular formula is C18H12F3NO. The van der Waals surface area contributed by atoms with Gasteiger partial charge in [-0.25, -0.2) is 0 Å². The highest BCUT2D eigenvalue weighted by molar-refractivity contribution is 6.02. The number of hydrogen-bond acceptors (Lipinski definition) is 1. The first-order valence-electron chi connectivity index (χ1n) is 6.61. The average Bonchev–Trinajstić information content (AvgIpc) is 2.52. The maximum Gasteiger partial charge on any atom is 0.416 e. The lowest BCUT2D eigenvalue weighted by molar-refractivity contribution is -0.137. The predicted octanol–water partition coefficient (Wildman–Crippen LogP) is 4.34. The molecule has 23 heavy (non-hydrogen) atoms. The summed E-state index contributed by atoms with van der Waals surface area (Å²) in [5.41, 5.74) is 0.651. The third-order valence-corrected chi connectivity index (χ3v) is 2.94. The van der Waals surface area contributed by atoms with Gasteiger partial charge in [0.1, 0.15) is 0 Å². The average molecular weight is 315 g/mol. The molecular weight excluding hydrogens is 303 g/mol. The number of hydrogen-bond donors (Lipinski definition) is 1. The lowest BCUT2D eigenvalue weighted by Gasteiger charge is -2.06. The van der Waals surface area contributed by atoms with Crippen molar-refractivity contribution < 1.29 is 18.0 Å². The van der Waals surface area contributed by atoms with Crippen molar-refractivity contribution in [3.8, 4) is 12.3 Å². The van der Waals surface area contributed by atoms with Gasteiger partial charge in [0.15, 0.2) is 0 Å². The lowest BCUT2D eigenvalue weighted by atomic mass is 10.1. The molecule has 1 amide bonds. The van der Waals surface area contributed by atoms with Crippen molar-refractivity contribution in [3.63, 3.8) is 0 Å². The van der Waals surface area contributed by atoms with E-state index in [1.54, 1.807) is 24.3 Å². The van der Waals surface area contributed by atoms with Gasteiger partial charge >= 0.3 is 6.18 Å². The Labute approximate surface area is 131 Å². The van der Waals surface area contributed by atoms with Crippen LogP contribution in [-0.2, 0) is 11.0 Å². The van der Waals surface area contributed by atoms with Crippen LogP contribution in [-0.4, -0.2) is 5.91 Å². The molecule has 0 aromatic heterocycles. The summed E-state index contributed by atoms with van der Waals surface area (Å²) < 4.78 is 37.8. The molecule has 0 aliphatic rings. The van der Waals surface area contributed by atoms with Crippen LogP contribution in [0.15, 0.2) is 54.6 Å². The molecule has 1 N–H and O–H groups in total. The van der Waals surface area contributed by atoms with Crippen molar-refractivity contribution in [3.05, 3.63) is 71.3 Å². The molecule has 2 rings (SSSR count). The van der Waals surface area contributed by atoms with E-state index < -0.39 is 17.6 Å². The number of anilines is 1. The van der Waals surface area contributed by atoms with Gasteiger partial charge in [0.2, 0.25) is 5.91 Å². The second-order valence-corrected chi connectivity index (χ2v) is 4.67. The molecule has 2 aromatic carbocycles. The summed E-state index contributed by atoms with van der Waals surface area (Å²) >= 11 is 0. The molecule has 0 atom stereocenters. The largest absolute Gasteiger partial charge is 0.416 e. The van der Waals surface area contributed by atoms with E-state index in [1.807, 2.05) is 0 Å². The molecule has 5 heteroatoms. The highest BCUT2D eigenvalue weighted by Gasteiger charge is 2.30. The molecule has 0 heterocycles. The summed E-state index contributed by atoms with van der Waals surface area (Å²) in [5.74, 6) is 1.98. The van der Waals surface area contributed by atoms with E-state index in [2.05, 4.69) is 11.2 Å². The quantitative estimate of drug-likeness (QED) is 0.662. The fourth-order valence-corrected chi connectivity index (χ4v) is 1.86. The summed E-state index contributed by atoms with van der Waals surface area (Å²) in [6.07, 6.45) is 3.33. The molecule has 0 aliphatic heterocycles. The van der Waals surface area contributed by atoms with Gasteiger partial charge in [0, 0.05) is 17.3 Å². The number of nitrogens with one attached hydrogen (secondary N) is 1. The van der Waals surface area contributed by atoms with Crippen LogP contribution < -0.4 is 5.32 Å². The zero-order valence-electron chi connectivity index (χ0n) is 11.9. The minimum absolute atomic E-state index is 0.285. The maximum absolute atomic E-state index is 12.6. The second kappa shape index (κ2) is 6.84. The number of carbonyl (C=O) groups is 1. The summed E-state index contributed by atoms with van der Waals surface area (Å²) in [4.78, 5) is 11.8. The molecule has 2 aromatic rings. The molecule has 0 aliphatic carbocycles. The normalized spacial score (nSPS) is 11.2. The van der Waals surface area contributed by atoms with Gasteiger partial charge in [-0.1, -0.05) is 24.1 Å². The van der Waals surface area contributed by atoms with E-state index in [1.165, 1.54) is 18.2 Å². The van der Waals surface area contributed by atoms with Crippen LogP contribution >= 0.6 is 0 Å². The van der Waals surface area contributed by atoms with Gasteiger partial charge in [-0.15, -0.1) is 6.42 Å². The molecule has 0 spiro atoms. The number of carbonyl (C=O) groups excluding carboxylic acids is 1. The Kier molecular flexibility index (Phi) is 4.87. The van der Waals surface area contributed by atoms with Crippen molar-refractivity contribution in [1.82, 2.24) is 0 Å². The Balaban J connectivity index is 2.08. The maximum atomic E-state index is 12.6. The summed E-state index contributed by atoms with van der Waals surface area (Å²) in [6.45, 7) is 0. The number of halogens is 3. The van der Waals surface area contributed by atoms with Gasteiger partial charge < -0.3 is 5.32 Å². The Morgan fingerprint density at radius 2 is 1.87 bits per heavy atom. The van der Waals surface area contributed by atoms with E-state index in [4.69, 9.17) is 6.42 Å². The Hall–Kier alpha value is -3.00. The molecule has 2 nitrogen and oxygen atoms in total. The molecule has 0 radical (unpaired) electrons. The minimum atomic E-state index is -4.41. The molecule has 0 saturated carbocycles. The van der Waals surface area contributed by atoms with Crippen LogP contribution in [0, 0.1) is 12.3 Å². The summed E-state index contributed by atoms with van der Waals surface area (Å²) in [7, 11) is 0. The predicted molar refractivity (Wildman–Crippen MR) is 83.5 cm³/mol. The van der Waals surface area contributed by atoms with E-state index >= 15 is 0 Å². The highest BCUT2D eigenvalue weighted by atomic mass is 19.4. The van der Waals surface area contributed by atoms with Crippen LogP contribution in [0.2, 0.25) is 0 Å². The number of rotatable bonds is 3. The molecule has 0 unspecified atom stereocenters. The van der Waals surface area contributed by atoms with Crippen molar-refractivity contribution in [1.29, 1.82) is 0 Å². The van der Waals surface area contributed by atoms with Crippen molar-refractivity contribution in [2.45, 2.75) is 6.18 Å². The zero-order valence-corrected chi connectivity index (χ0v) is 11.9. The third-order valence-electron chi connectivity index (χ3n) is 2.94. The van der Waals surface area contributed by atoms with Gasteiger partial charge in [-0.2, -0.15) is 13.2 Å². The van der Waals surface area contributed by atoms with Gasteiger partial charge in [-0.3, -0.25) is 4.79 Å². The van der Waals surface area contributed by atoms with Gasteiger partial charge in [-0.05, 0) is 42.0 Å². The van der Waals surface area contributed by atoms with E-state index in [0.29, 0.717) is 11.3 Å². The fourth-order valence-electron chi connectivity index (χ4n) is 1.86. The first kappa shape index (κ1) is 16.4. The van der Waals surface area contributed by atoms with Gasteiger partial charge in [0.05, 0.1) is 5.56 Å². The standard InChI is InChI=1S/C18H12F3NO/c1-2-13-5-4-8-16(12-13)22-17(23)10-9-14-6-3-7-15(11-14)18(19,20)21/h1,3-12H,(H,22,23)/b10-9+. The van der Waals surface area contributed by atoms with E-state index in [9.17, 15) is 18.0 Å². The minimum Gasteiger partial charge on any atom is -0.322 e. The summed E-state index contributed by atoms with van der Waals surface area (Å²) in [6, 6.07) is 11.4. The zero-order chi connectivity index (χ0) is 16.9. The number of amides is 1. The SMILES string of the molecule is C#Cc1cccc(NC(=O)/C=C/c2cccc(C(F)(F)F)c2)c1. The fraction of sp³-hybridized carbons (Fsp3) is 0.0556. The van der Waals surface area contributed by atoms with Crippen molar-refractivity contribution in [2.75, 3.05) is 5.32 Å². The molecule has 0 saturated heterocycles. The first-order valence-corrected chi connectivity index (χ1v) is 6.61. The Bertz CT molecular complexity index is 785. The first-order chi connectivity index (χ1) is 10.9. The summed E-state index contributed by atoms with van der Waals surface area (Å²) in [5, 5.41) is 2.59. The molecule has 0 bridgehead atoms. The smallest absolute Gasteiger partial charge is 0.322 e. The highest BCUT2D eigenvalue weighted by Crippen LogP contribution is 2.29. The van der Waals surface area contributed by atoms with E-state index in [0.717, 1.165) is 18.2 Å².